The average Bonchev–Trinajstić information content (AvgIpc) is 3.46. The number of carboxylic acid groups (broad SMARTS) is 1. The number of hydrogen-bond acceptors (Lipinski definition) is 5. The molecule has 2 fully saturated rings. The molecule has 1 aliphatic carbocycles. The highest BCUT2D eigenvalue weighted by atomic mass is 16.5. The lowest BCUT2D eigenvalue weighted by molar-refractivity contribution is -0.161. The summed E-state index contributed by atoms with van der Waals surface area (Å²) in [5, 5.41) is 27.8. The van der Waals surface area contributed by atoms with Crippen molar-refractivity contribution in [3.63, 3.8) is 0 Å². The van der Waals surface area contributed by atoms with Crippen molar-refractivity contribution >= 4 is 11.9 Å². The fourth-order valence-electron chi connectivity index (χ4n) is 4.07. The fraction of sp³-hybridized carbons (Fsp3) is 0.476. The quantitative estimate of drug-likeness (QED) is 0.682. The molecule has 29 heavy (non-hydrogen) atoms. The molecule has 0 spiro atoms. The van der Waals surface area contributed by atoms with Gasteiger partial charge in [0.15, 0.2) is 0 Å². The third-order valence-corrected chi connectivity index (χ3v) is 5.98. The van der Waals surface area contributed by atoms with Crippen molar-refractivity contribution in [2.75, 3.05) is 20.2 Å². The molecular formula is C21H25N3O5. The average molecular weight is 399 g/mol. The van der Waals surface area contributed by atoms with Crippen LogP contribution >= 0.6 is 0 Å². The van der Waals surface area contributed by atoms with Gasteiger partial charge in [0, 0.05) is 24.7 Å². The van der Waals surface area contributed by atoms with Crippen LogP contribution in [0.2, 0.25) is 0 Å². The Morgan fingerprint density at radius 1 is 1.31 bits per heavy atom. The molecular weight excluding hydrogens is 374 g/mol. The third kappa shape index (κ3) is 3.72. The highest BCUT2D eigenvalue weighted by Gasteiger charge is 2.50. The van der Waals surface area contributed by atoms with E-state index in [2.05, 4.69) is 10.2 Å². The van der Waals surface area contributed by atoms with Gasteiger partial charge in [-0.25, -0.2) is 0 Å². The van der Waals surface area contributed by atoms with Crippen LogP contribution in [0.5, 0.6) is 5.75 Å². The number of carboxylic acids is 1. The molecule has 8 nitrogen and oxygen atoms in total. The maximum Gasteiger partial charge on any atom is 0.314 e. The molecule has 0 bridgehead atoms. The molecule has 2 atom stereocenters. The van der Waals surface area contributed by atoms with Crippen LogP contribution in [0.15, 0.2) is 30.3 Å². The monoisotopic (exact) mass is 399 g/mol. The minimum atomic E-state index is -1.49. The van der Waals surface area contributed by atoms with E-state index in [0.29, 0.717) is 23.9 Å². The Hall–Kier alpha value is -2.87. The predicted molar refractivity (Wildman–Crippen MR) is 104 cm³/mol. The molecule has 1 amide bonds. The van der Waals surface area contributed by atoms with Crippen LogP contribution in [-0.4, -0.2) is 63.5 Å². The molecule has 3 N–H and O–H groups in total. The molecule has 0 radical (unpaired) electrons. The normalized spacial score (nSPS) is 24.3. The molecule has 1 saturated heterocycles. The van der Waals surface area contributed by atoms with Gasteiger partial charge in [0.2, 0.25) is 0 Å². The highest BCUT2D eigenvalue weighted by Crippen LogP contribution is 2.39. The van der Waals surface area contributed by atoms with Crippen molar-refractivity contribution < 1.29 is 24.5 Å². The number of hydrogen-bond donors (Lipinski definition) is 3. The lowest BCUT2D eigenvalue weighted by Gasteiger charge is -2.43. The smallest absolute Gasteiger partial charge is 0.314 e. The SMILES string of the molecule is COc1cccc(C[C@@]2(C(=O)O)CN(C(=O)c3cc(C4CC4)[nH]n3)CC[C@H]2O)c1. The number of carbonyl (C=O) groups excluding carboxylic acids is 1. The number of nitrogens with zero attached hydrogens (tertiary/aromatic N) is 2. The van der Waals surface area contributed by atoms with Crippen molar-refractivity contribution in [3.05, 3.63) is 47.3 Å². The van der Waals surface area contributed by atoms with E-state index in [1.807, 2.05) is 0 Å². The number of H-pyrrole nitrogens is 1. The van der Waals surface area contributed by atoms with Gasteiger partial charge in [0.05, 0.1) is 13.2 Å². The number of amides is 1. The van der Waals surface area contributed by atoms with Crippen LogP contribution in [0, 0.1) is 5.41 Å². The minimum Gasteiger partial charge on any atom is -0.497 e. The summed E-state index contributed by atoms with van der Waals surface area (Å²) in [5.41, 5.74) is 0.488. The number of carbonyl (C=O) groups is 2. The van der Waals surface area contributed by atoms with Crippen LogP contribution < -0.4 is 4.74 Å². The summed E-state index contributed by atoms with van der Waals surface area (Å²) in [4.78, 5) is 26.8. The van der Waals surface area contributed by atoms with E-state index in [1.165, 1.54) is 4.90 Å². The first-order valence-electron chi connectivity index (χ1n) is 9.82. The molecule has 2 heterocycles. The van der Waals surface area contributed by atoms with Crippen LogP contribution in [0.1, 0.15) is 46.9 Å². The molecule has 2 aliphatic rings. The summed E-state index contributed by atoms with van der Waals surface area (Å²) < 4.78 is 5.22. The number of aliphatic hydroxyl groups is 1. The number of ether oxygens (including phenoxy) is 1. The Morgan fingerprint density at radius 2 is 2.10 bits per heavy atom. The second-order valence-electron chi connectivity index (χ2n) is 8.00. The van der Waals surface area contributed by atoms with E-state index in [-0.39, 0.29) is 25.3 Å². The van der Waals surface area contributed by atoms with Gasteiger partial charge in [-0.2, -0.15) is 5.10 Å². The van der Waals surface area contributed by atoms with Crippen LogP contribution in [0.25, 0.3) is 0 Å². The van der Waals surface area contributed by atoms with E-state index < -0.39 is 17.5 Å². The number of likely N-dealkylation sites (tertiary alicyclic amines) is 1. The van der Waals surface area contributed by atoms with Gasteiger partial charge in [-0.3, -0.25) is 14.7 Å². The van der Waals surface area contributed by atoms with Crippen molar-refractivity contribution in [1.82, 2.24) is 15.1 Å². The molecule has 154 valence electrons. The molecule has 2 aromatic rings. The van der Waals surface area contributed by atoms with Crippen LogP contribution in [0.3, 0.4) is 0 Å². The molecule has 1 aromatic heterocycles. The Bertz CT molecular complexity index is 923. The number of piperidine rings is 1. The van der Waals surface area contributed by atoms with E-state index in [9.17, 15) is 19.8 Å². The van der Waals surface area contributed by atoms with Gasteiger partial charge in [-0.15, -0.1) is 0 Å². The van der Waals surface area contributed by atoms with Crippen molar-refractivity contribution in [2.24, 2.45) is 5.41 Å². The Morgan fingerprint density at radius 3 is 2.79 bits per heavy atom. The Kier molecular flexibility index (Phi) is 5.04. The lowest BCUT2D eigenvalue weighted by Crippen LogP contribution is -2.58. The molecule has 8 heteroatoms. The topological polar surface area (TPSA) is 116 Å². The van der Waals surface area contributed by atoms with Crippen LogP contribution in [0.4, 0.5) is 0 Å². The lowest BCUT2D eigenvalue weighted by atomic mass is 9.72. The summed E-state index contributed by atoms with van der Waals surface area (Å²) in [6, 6.07) is 8.88. The first kappa shape index (κ1) is 19.4. The van der Waals surface area contributed by atoms with Crippen LogP contribution in [-0.2, 0) is 11.2 Å². The number of nitrogens with one attached hydrogen (secondary N) is 1. The van der Waals surface area contributed by atoms with Crippen molar-refractivity contribution in [3.8, 4) is 5.75 Å². The van der Waals surface area contributed by atoms with E-state index in [4.69, 9.17) is 4.74 Å². The first-order valence-corrected chi connectivity index (χ1v) is 9.82. The third-order valence-electron chi connectivity index (χ3n) is 5.98. The van der Waals surface area contributed by atoms with Gasteiger partial charge in [0.1, 0.15) is 16.9 Å². The predicted octanol–water partition coefficient (Wildman–Crippen LogP) is 1.82. The maximum absolute atomic E-state index is 13.0. The summed E-state index contributed by atoms with van der Waals surface area (Å²) in [6.45, 7) is 0.212. The van der Waals surface area contributed by atoms with Gasteiger partial charge < -0.3 is 19.8 Å². The van der Waals surface area contributed by atoms with Crippen molar-refractivity contribution in [2.45, 2.75) is 37.7 Å². The van der Waals surface area contributed by atoms with Gasteiger partial charge >= 0.3 is 5.97 Å². The van der Waals surface area contributed by atoms with E-state index in [1.54, 1.807) is 37.4 Å². The zero-order valence-corrected chi connectivity index (χ0v) is 16.3. The molecule has 0 unspecified atom stereocenters. The van der Waals surface area contributed by atoms with Gasteiger partial charge in [-0.05, 0) is 49.4 Å². The number of rotatable bonds is 6. The number of aliphatic hydroxyl groups excluding tert-OH is 1. The Balaban J connectivity index is 1.58. The van der Waals surface area contributed by atoms with Gasteiger partial charge in [0.25, 0.3) is 5.91 Å². The number of aromatic amines is 1. The fourth-order valence-corrected chi connectivity index (χ4v) is 4.07. The van der Waals surface area contributed by atoms with E-state index >= 15 is 0 Å². The zero-order valence-electron chi connectivity index (χ0n) is 16.3. The molecule has 4 rings (SSSR count). The molecule has 1 saturated carbocycles. The Labute approximate surface area is 168 Å². The molecule has 1 aliphatic heterocycles. The minimum absolute atomic E-state index is 0.0782. The first-order chi connectivity index (χ1) is 13.9. The number of benzene rings is 1. The standard InChI is InChI=1S/C21H25N3O5/c1-29-15-4-2-3-13(9-15)11-21(20(27)28)12-24(8-7-18(21)25)19(26)17-10-16(22-23-17)14-5-6-14/h2-4,9-10,14,18,25H,5-8,11-12H2,1H3,(H,22,23)(H,27,28)/t18-,21-/m1/s1. The summed E-state index contributed by atoms with van der Waals surface area (Å²) in [7, 11) is 1.54. The van der Waals surface area contributed by atoms with Gasteiger partial charge in [-0.1, -0.05) is 12.1 Å². The molecule has 1 aromatic carbocycles. The zero-order chi connectivity index (χ0) is 20.6. The largest absolute Gasteiger partial charge is 0.497 e. The number of aliphatic carboxylic acids is 1. The maximum atomic E-state index is 13.0. The van der Waals surface area contributed by atoms with Crippen molar-refractivity contribution in [1.29, 1.82) is 0 Å². The number of methoxy groups -OCH3 is 1. The van der Waals surface area contributed by atoms with E-state index in [0.717, 1.165) is 24.1 Å². The second-order valence-corrected chi connectivity index (χ2v) is 8.00. The second kappa shape index (κ2) is 7.51. The number of aromatic nitrogens is 2. The summed E-state index contributed by atoms with van der Waals surface area (Å²) in [6.07, 6.45) is 1.42. The summed E-state index contributed by atoms with van der Waals surface area (Å²) >= 11 is 0. The highest BCUT2D eigenvalue weighted by molar-refractivity contribution is 5.93. The summed E-state index contributed by atoms with van der Waals surface area (Å²) in [5.74, 6) is -0.369.